The summed E-state index contributed by atoms with van der Waals surface area (Å²) >= 11 is 0. The number of aryl methyl sites for hydroxylation is 1. The van der Waals surface area contributed by atoms with Crippen LogP contribution in [0.1, 0.15) is 76.3 Å². The van der Waals surface area contributed by atoms with Crippen LogP contribution >= 0.6 is 0 Å². The van der Waals surface area contributed by atoms with E-state index in [1.807, 2.05) is 56.0 Å². The Hall–Kier alpha value is -3.14. The topological polar surface area (TPSA) is 110 Å². The van der Waals surface area contributed by atoms with Crippen LogP contribution in [0.3, 0.4) is 0 Å². The van der Waals surface area contributed by atoms with E-state index in [0.717, 1.165) is 37.7 Å². The summed E-state index contributed by atoms with van der Waals surface area (Å²) in [4.78, 5) is 32.9. The molecule has 1 aromatic heterocycles. The van der Waals surface area contributed by atoms with E-state index < -0.39 is 11.7 Å². The summed E-state index contributed by atoms with van der Waals surface area (Å²) in [7, 11) is 0. The molecule has 194 valence electrons. The molecule has 10 nitrogen and oxygen atoms in total. The maximum atomic E-state index is 13.3. The Morgan fingerprint density at radius 1 is 1.19 bits per heavy atom. The first-order valence-electron chi connectivity index (χ1n) is 12.8. The maximum absolute atomic E-state index is 13.3. The molecule has 3 heterocycles. The van der Waals surface area contributed by atoms with Gasteiger partial charge in [0.1, 0.15) is 18.2 Å². The lowest BCUT2D eigenvalue weighted by atomic mass is 9.85. The number of rotatable bonds is 9. The Labute approximate surface area is 211 Å². The molecule has 10 heteroatoms. The van der Waals surface area contributed by atoms with Crippen LogP contribution in [-0.4, -0.2) is 57.0 Å². The largest absolute Gasteiger partial charge is 0.444 e. The van der Waals surface area contributed by atoms with E-state index in [-0.39, 0.29) is 23.5 Å². The zero-order valence-corrected chi connectivity index (χ0v) is 21.2. The number of carbonyl (C=O) groups is 2. The van der Waals surface area contributed by atoms with Gasteiger partial charge in [-0.1, -0.05) is 30.3 Å². The van der Waals surface area contributed by atoms with Crippen LogP contribution in [0.4, 0.5) is 9.59 Å². The lowest BCUT2D eigenvalue weighted by Crippen LogP contribution is -2.42. The summed E-state index contributed by atoms with van der Waals surface area (Å²) in [6.07, 6.45) is 4.73. The molecular weight excluding hydrogens is 462 g/mol. The number of aromatic nitrogens is 2. The number of amides is 3. The normalized spacial score (nSPS) is 22.2. The number of urea groups is 1. The van der Waals surface area contributed by atoms with Gasteiger partial charge in [-0.25, -0.2) is 9.59 Å². The highest BCUT2D eigenvalue weighted by Gasteiger charge is 2.64. The first-order valence-corrected chi connectivity index (χ1v) is 12.8. The highest BCUT2D eigenvalue weighted by atomic mass is 16.7. The maximum Gasteiger partial charge on any atom is 0.407 e. The van der Waals surface area contributed by atoms with E-state index in [1.165, 1.54) is 0 Å². The number of piperidine rings is 1. The second-order valence-electron chi connectivity index (χ2n) is 11.0. The van der Waals surface area contributed by atoms with Gasteiger partial charge in [0.2, 0.25) is 11.8 Å². The van der Waals surface area contributed by atoms with Gasteiger partial charge in [-0.3, -0.25) is 4.84 Å². The number of nitrogens with one attached hydrogen (secondary N) is 1. The van der Waals surface area contributed by atoms with Gasteiger partial charge in [0.15, 0.2) is 0 Å². The quantitative estimate of drug-likeness (QED) is 0.512. The minimum absolute atomic E-state index is 0.0600. The van der Waals surface area contributed by atoms with E-state index in [2.05, 4.69) is 15.5 Å². The number of unbranched alkanes of at least 4 members (excludes halogenated alkanes) is 1. The molecule has 3 fully saturated rings. The van der Waals surface area contributed by atoms with Crippen LogP contribution in [0, 0.1) is 5.41 Å². The van der Waals surface area contributed by atoms with E-state index in [9.17, 15) is 9.59 Å². The third-order valence-electron chi connectivity index (χ3n) is 7.13. The summed E-state index contributed by atoms with van der Waals surface area (Å²) in [6.45, 7) is 7.01. The Morgan fingerprint density at radius 2 is 1.97 bits per heavy atom. The third kappa shape index (κ3) is 5.33. The zero-order chi connectivity index (χ0) is 25.3. The molecule has 2 saturated heterocycles. The second kappa shape index (κ2) is 9.72. The molecule has 36 heavy (non-hydrogen) atoms. The van der Waals surface area contributed by atoms with Crippen molar-refractivity contribution in [2.75, 3.05) is 13.1 Å². The number of fused-ring (bicyclic) bond motifs is 3. The molecule has 1 aromatic carbocycles. The minimum atomic E-state index is -0.510. The van der Waals surface area contributed by atoms with Gasteiger partial charge >= 0.3 is 12.1 Å². The lowest BCUT2D eigenvalue weighted by Gasteiger charge is -2.35. The molecule has 3 aliphatic rings. The average Bonchev–Trinajstić information content (AvgIpc) is 3.32. The first kappa shape index (κ1) is 24.5. The number of alkyl carbamates (subject to hydrolysis) is 1. The summed E-state index contributed by atoms with van der Waals surface area (Å²) in [6, 6.07) is 9.60. The van der Waals surface area contributed by atoms with Crippen molar-refractivity contribution in [3.05, 3.63) is 47.7 Å². The number of ether oxygens (including phenoxy) is 1. The number of benzene rings is 1. The summed E-state index contributed by atoms with van der Waals surface area (Å²) in [5.74, 6) is 1.05. The molecule has 3 amide bonds. The van der Waals surface area contributed by atoms with Crippen LogP contribution in [-0.2, 0) is 22.6 Å². The molecule has 2 atom stereocenters. The number of hydrogen-bond acceptors (Lipinski definition) is 7. The van der Waals surface area contributed by atoms with Crippen LogP contribution in [0.2, 0.25) is 0 Å². The van der Waals surface area contributed by atoms with Crippen molar-refractivity contribution in [3.8, 4) is 0 Å². The monoisotopic (exact) mass is 497 g/mol. The van der Waals surface area contributed by atoms with Crippen molar-refractivity contribution in [3.63, 3.8) is 0 Å². The van der Waals surface area contributed by atoms with Crippen LogP contribution < -0.4 is 5.32 Å². The van der Waals surface area contributed by atoms with Crippen molar-refractivity contribution in [1.29, 1.82) is 0 Å². The van der Waals surface area contributed by atoms with Gasteiger partial charge in [-0.15, -0.1) is 10.2 Å². The predicted molar refractivity (Wildman–Crippen MR) is 129 cm³/mol. The molecule has 1 N–H and O–H groups in total. The summed E-state index contributed by atoms with van der Waals surface area (Å²) in [5, 5.41) is 12.9. The van der Waals surface area contributed by atoms with Gasteiger partial charge in [0, 0.05) is 19.5 Å². The first-order chi connectivity index (χ1) is 17.2. The predicted octanol–water partition coefficient (Wildman–Crippen LogP) is 4.38. The smallest absolute Gasteiger partial charge is 0.407 e. The van der Waals surface area contributed by atoms with E-state index in [4.69, 9.17) is 14.0 Å². The van der Waals surface area contributed by atoms with Crippen LogP contribution in [0.15, 0.2) is 34.7 Å². The van der Waals surface area contributed by atoms with E-state index in [1.54, 1.807) is 5.06 Å². The van der Waals surface area contributed by atoms with Gasteiger partial charge in [-0.05, 0) is 63.9 Å². The average molecular weight is 498 g/mol. The summed E-state index contributed by atoms with van der Waals surface area (Å²) < 4.78 is 11.3. The Balaban J connectivity index is 1.14. The standard InChI is InChI=1S/C26H35N5O5/c1-25(2,3)36-23(32)27-14-8-7-11-21-28-29-22(35-21)19-15-26(12-13-26)20-16-30(19)24(33)31(20)34-17-18-9-5-4-6-10-18/h4-6,9-10,19-20H,7-8,11-17H2,1-3H3,(H,27,32)/t19-,20+/m0/s1. The Morgan fingerprint density at radius 3 is 2.69 bits per heavy atom. The highest BCUT2D eigenvalue weighted by molar-refractivity contribution is 5.77. The molecule has 1 spiro atoms. The molecule has 1 aliphatic carbocycles. The van der Waals surface area contributed by atoms with Crippen molar-refractivity contribution in [2.45, 2.75) is 83.6 Å². The van der Waals surface area contributed by atoms with E-state index >= 15 is 0 Å². The van der Waals surface area contributed by atoms with Crippen molar-refractivity contribution >= 4 is 12.1 Å². The number of hydrogen-bond donors (Lipinski definition) is 1. The molecule has 2 aliphatic heterocycles. The Bertz CT molecular complexity index is 1080. The fourth-order valence-electron chi connectivity index (χ4n) is 5.12. The highest BCUT2D eigenvalue weighted by Crippen LogP contribution is 2.61. The molecule has 2 bridgehead atoms. The molecule has 0 unspecified atom stereocenters. The van der Waals surface area contributed by atoms with Crippen LogP contribution in [0.5, 0.6) is 0 Å². The van der Waals surface area contributed by atoms with Gasteiger partial charge in [0.25, 0.3) is 0 Å². The van der Waals surface area contributed by atoms with Crippen molar-refractivity contribution < 1.29 is 23.6 Å². The fraction of sp³-hybridized carbons (Fsp3) is 0.615. The molecule has 1 saturated carbocycles. The summed E-state index contributed by atoms with van der Waals surface area (Å²) in [5.41, 5.74) is 0.585. The minimum Gasteiger partial charge on any atom is -0.444 e. The third-order valence-corrected chi connectivity index (χ3v) is 7.13. The number of carbonyl (C=O) groups excluding carboxylic acids is 2. The van der Waals surface area contributed by atoms with E-state index in [0.29, 0.717) is 37.9 Å². The van der Waals surface area contributed by atoms with Crippen molar-refractivity contribution in [1.82, 2.24) is 25.5 Å². The molecular formula is C26H35N5O5. The fourth-order valence-corrected chi connectivity index (χ4v) is 5.12. The molecule has 5 rings (SSSR count). The number of nitrogens with zero attached hydrogens (tertiary/aromatic N) is 4. The molecule has 2 aromatic rings. The molecule has 0 radical (unpaired) electrons. The van der Waals surface area contributed by atoms with Crippen molar-refractivity contribution in [2.24, 2.45) is 5.41 Å². The lowest BCUT2D eigenvalue weighted by molar-refractivity contribution is -0.153. The van der Waals surface area contributed by atoms with Gasteiger partial charge in [0.05, 0.1) is 6.04 Å². The number of hydroxylamine groups is 2. The Kier molecular flexibility index (Phi) is 6.63. The van der Waals surface area contributed by atoms with Gasteiger partial charge in [-0.2, -0.15) is 5.06 Å². The van der Waals surface area contributed by atoms with Crippen LogP contribution in [0.25, 0.3) is 0 Å². The zero-order valence-electron chi connectivity index (χ0n) is 21.2. The second-order valence-corrected chi connectivity index (χ2v) is 11.0. The SMILES string of the molecule is CC(C)(C)OC(=O)NCCCCc1nnc([C@@H]2CC3(CC3)[C@H]3CN2C(=O)N3OCc2ccccc2)o1. The van der Waals surface area contributed by atoms with Gasteiger partial charge < -0.3 is 19.4 Å².